The molecule has 0 saturated carbocycles. The fourth-order valence-corrected chi connectivity index (χ4v) is 2.53. The molecule has 3 aromatic rings. The fourth-order valence-electron chi connectivity index (χ4n) is 2.53. The van der Waals surface area contributed by atoms with E-state index in [0.717, 1.165) is 5.52 Å². The van der Waals surface area contributed by atoms with Gasteiger partial charge in [-0.15, -0.1) is 0 Å². The Hall–Kier alpha value is -3.37. The van der Waals surface area contributed by atoms with Crippen LogP contribution < -0.4 is 4.74 Å². The van der Waals surface area contributed by atoms with Gasteiger partial charge in [0.15, 0.2) is 5.69 Å². The van der Waals surface area contributed by atoms with Crippen LogP contribution >= 0.6 is 0 Å². The third-order valence-corrected chi connectivity index (χ3v) is 3.97. The number of benzene rings is 2. The van der Waals surface area contributed by atoms with Crippen LogP contribution in [0, 0.1) is 6.57 Å². The minimum atomic E-state index is -0.220. The van der Waals surface area contributed by atoms with Gasteiger partial charge in [0.2, 0.25) is 0 Å². The van der Waals surface area contributed by atoms with Crippen molar-refractivity contribution in [3.63, 3.8) is 0 Å². The summed E-state index contributed by atoms with van der Waals surface area (Å²) in [5.41, 5.74) is 1.91. The lowest BCUT2D eigenvalue weighted by Gasteiger charge is -2.16. The van der Waals surface area contributed by atoms with Crippen LogP contribution in [0.5, 0.6) is 5.75 Å². The Morgan fingerprint density at radius 1 is 1.27 bits per heavy atom. The number of carbonyl (C=O) groups excluding carboxylic acids is 1. The Balaban J connectivity index is 1.95. The molecule has 0 fully saturated rings. The number of imidazole rings is 1. The van der Waals surface area contributed by atoms with Crippen molar-refractivity contribution in [2.24, 2.45) is 0 Å². The molecule has 0 unspecified atom stereocenters. The summed E-state index contributed by atoms with van der Waals surface area (Å²) < 4.78 is 7.57. The van der Waals surface area contributed by atoms with E-state index in [1.54, 1.807) is 29.8 Å². The molecule has 7 nitrogen and oxygen atoms in total. The van der Waals surface area contributed by atoms with Gasteiger partial charge < -0.3 is 9.30 Å². The maximum absolute atomic E-state index is 12.3. The summed E-state index contributed by atoms with van der Waals surface area (Å²) >= 11 is 0. The van der Waals surface area contributed by atoms with Crippen molar-refractivity contribution in [1.82, 2.24) is 14.6 Å². The lowest BCUT2D eigenvalue weighted by molar-refractivity contribution is -0.169. The maximum atomic E-state index is 12.3. The molecule has 1 aromatic heterocycles. The molecule has 26 heavy (non-hydrogen) atoms. The SMILES string of the molecule is [C-]#[N+]c1ccc2c(c1)nc(COc1ccccc1)n2CC(=O)N(C)OC. The number of fused-ring (bicyclic) bond motifs is 1. The summed E-state index contributed by atoms with van der Waals surface area (Å²) in [4.78, 5) is 25.2. The first-order chi connectivity index (χ1) is 12.6. The minimum Gasteiger partial charge on any atom is -0.486 e. The number of likely N-dealkylation sites (N-methyl/N-ethyl adjacent to an activating group) is 1. The van der Waals surface area contributed by atoms with E-state index in [1.165, 1.54) is 12.2 Å². The highest BCUT2D eigenvalue weighted by molar-refractivity contribution is 5.83. The Labute approximate surface area is 151 Å². The average molecular weight is 350 g/mol. The molecule has 0 aliphatic heterocycles. The molecular formula is C19H18N4O3. The molecule has 0 radical (unpaired) electrons. The number of rotatable bonds is 6. The van der Waals surface area contributed by atoms with E-state index in [9.17, 15) is 4.79 Å². The van der Waals surface area contributed by atoms with E-state index in [0.29, 0.717) is 22.8 Å². The summed E-state index contributed by atoms with van der Waals surface area (Å²) in [5, 5.41) is 1.17. The third kappa shape index (κ3) is 3.66. The van der Waals surface area contributed by atoms with Crippen LogP contribution in [0.15, 0.2) is 48.5 Å². The predicted octanol–water partition coefficient (Wildman–Crippen LogP) is 3.19. The number of nitrogens with zero attached hydrogens (tertiary/aromatic N) is 4. The van der Waals surface area contributed by atoms with Crippen LogP contribution in [0.4, 0.5) is 5.69 Å². The summed E-state index contributed by atoms with van der Waals surface area (Å²) in [6.45, 7) is 7.42. The van der Waals surface area contributed by atoms with E-state index < -0.39 is 0 Å². The average Bonchev–Trinajstić information content (AvgIpc) is 3.02. The quantitative estimate of drug-likeness (QED) is 0.506. The number of carbonyl (C=O) groups is 1. The molecule has 1 heterocycles. The monoisotopic (exact) mass is 350 g/mol. The van der Waals surface area contributed by atoms with Crippen LogP contribution in [0.1, 0.15) is 5.82 Å². The molecule has 0 atom stereocenters. The Morgan fingerprint density at radius 2 is 2.04 bits per heavy atom. The zero-order valence-electron chi connectivity index (χ0n) is 14.5. The largest absolute Gasteiger partial charge is 0.486 e. The highest BCUT2D eigenvalue weighted by Crippen LogP contribution is 2.23. The van der Waals surface area contributed by atoms with Gasteiger partial charge in [-0.2, -0.15) is 0 Å². The molecule has 0 aliphatic rings. The zero-order chi connectivity index (χ0) is 18.5. The standard InChI is InChI=1S/C19H18N4O3/c1-20-14-9-10-17-16(11-14)21-18(13-26-15-7-5-4-6-8-15)23(17)12-19(24)22(2)25-3/h4-11H,12-13H2,2-3H3. The van der Waals surface area contributed by atoms with Crippen LogP contribution in [-0.4, -0.2) is 34.7 Å². The second kappa shape index (κ2) is 7.68. The van der Waals surface area contributed by atoms with Gasteiger partial charge in [-0.1, -0.05) is 24.3 Å². The van der Waals surface area contributed by atoms with Gasteiger partial charge in [-0.05, 0) is 24.3 Å². The maximum Gasteiger partial charge on any atom is 0.265 e. The van der Waals surface area contributed by atoms with Crippen LogP contribution in [0.2, 0.25) is 0 Å². The van der Waals surface area contributed by atoms with Gasteiger partial charge in [0.25, 0.3) is 5.91 Å². The number of amides is 1. The van der Waals surface area contributed by atoms with Crippen molar-refractivity contribution < 1.29 is 14.4 Å². The molecule has 0 N–H and O–H groups in total. The van der Waals surface area contributed by atoms with Gasteiger partial charge in [0.1, 0.15) is 24.7 Å². The van der Waals surface area contributed by atoms with Crippen LogP contribution in [0.3, 0.4) is 0 Å². The molecule has 0 saturated heterocycles. The molecule has 132 valence electrons. The van der Waals surface area contributed by atoms with Gasteiger partial charge in [0, 0.05) is 7.05 Å². The topological polar surface area (TPSA) is 61.0 Å². The first-order valence-corrected chi connectivity index (χ1v) is 7.97. The van der Waals surface area contributed by atoms with Crippen molar-refractivity contribution in [1.29, 1.82) is 0 Å². The van der Waals surface area contributed by atoms with Gasteiger partial charge in [-0.25, -0.2) is 14.9 Å². The summed E-state index contributed by atoms with van der Waals surface area (Å²) in [6, 6.07) is 14.6. The van der Waals surface area contributed by atoms with Gasteiger partial charge in [0.05, 0.1) is 24.7 Å². The van der Waals surface area contributed by atoms with Crippen molar-refractivity contribution in [2.75, 3.05) is 14.2 Å². The minimum absolute atomic E-state index is 0.0612. The molecule has 7 heteroatoms. The molecule has 3 rings (SSSR count). The number of hydroxylamine groups is 2. The van der Waals surface area contributed by atoms with Crippen molar-refractivity contribution >= 4 is 22.6 Å². The normalized spacial score (nSPS) is 10.5. The van der Waals surface area contributed by atoms with E-state index >= 15 is 0 Å². The fraction of sp³-hybridized carbons (Fsp3) is 0.211. The van der Waals surface area contributed by atoms with Crippen molar-refractivity contribution in [3.05, 3.63) is 65.8 Å². The number of hydrogen-bond donors (Lipinski definition) is 0. The molecule has 0 aliphatic carbocycles. The number of aromatic nitrogens is 2. The summed E-state index contributed by atoms with van der Waals surface area (Å²) in [5.74, 6) is 1.10. The second-order valence-corrected chi connectivity index (χ2v) is 5.57. The number of hydrogen-bond acceptors (Lipinski definition) is 4. The molecular weight excluding hydrogens is 332 g/mol. The number of ether oxygens (including phenoxy) is 1. The third-order valence-electron chi connectivity index (χ3n) is 3.97. The molecule has 1 amide bonds. The highest BCUT2D eigenvalue weighted by Gasteiger charge is 2.17. The first-order valence-electron chi connectivity index (χ1n) is 7.97. The van der Waals surface area contributed by atoms with Crippen molar-refractivity contribution in [2.45, 2.75) is 13.2 Å². The lowest BCUT2D eigenvalue weighted by Crippen LogP contribution is -2.29. The zero-order valence-corrected chi connectivity index (χ0v) is 14.5. The first kappa shape index (κ1) is 17.5. The van der Waals surface area contributed by atoms with E-state index in [-0.39, 0.29) is 19.1 Å². The Kier molecular flexibility index (Phi) is 5.15. The van der Waals surface area contributed by atoms with Crippen LogP contribution in [0.25, 0.3) is 15.9 Å². The van der Waals surface area contributed by atoms with E-state index in [4.69, 9.17) is 16.1 Å². The predicted molar refractivity (Wildman–Crippen MR) is 96.5 cm³/mol. The van der Waals surface area contributed by atoms with E-state index in [2.05, 4.69) is 9.83 Å². The molecule has 0 bridgehead atoms. The van der Waals surface area contributed by atoms with E-state index in [1.807, 2.05) is 30.3 Å². The second-order valence-electron chi connectivity index (χ2n) is 5.57. The Morgan fingerprint density at radius 3 is 2.73 bits per heavy atom. The lowest BCUT2D eigenvalue weighted by atomic mass is 10.3. The smallest absolute Gasteiger partial charge is 0.265 e. The summed E-state index contributed by atoms with van der Waals surface area (Å²) in [7, 11) is 2.99. The summed E-state index contributed by atoms with van der Waals surface area (Å²) in [6.07, 6.45) is 0. The van der Waals surface area contributed by atoms with Gasteiger partial charge >= 0.3 is 0 Å². The van der Waals surface area contributed by atoms with Crippen LogP contribution in [-0.2, 0) is 22.8 Å². The number of para-hydroxylation sites is 1. The molecule has 0 spiro atoms. The molecule has 2 aromatic carbocycles. The highest BCUT2D eigenvalue weighted by atomic mass is 16.7. The van der Waals surface area contributed by atoms with Gasteiger partial charge in [-0.3, -0.25) is 9.63 Å². The Bertz CT molecular complexity index is 960. The van der Waals surface area contributed by atoms with Crippen molar-refractivity contribution in [3.8, 4) is 5.75 Å².